The molecule has 1 aromatic rings. The van der Waals surface area contributed by atoms with Gasteiger partial charge in [-0.05, 0) is 0 Å². The molecule has 9 heteroatoms. The largest absolute Gasteiger partial charge is 0.411 e. The number of hydrogen-bond donors (Lipinski definition) is 3. The molecule has 0 aromatic carbocycles. The molecule has 0 unspecified atom stereocenters. The molecule has 0 bridgehead atoms. The first-order chi connectivity index (χ1) is 8.58. The van der Waals surface area contributed by atoms with Gasteiger partial charge in [0.05, 0.1) is 6.61 Å². The maximum absolute atomic E-state index is 13.9. The zero-order valence-corrected chi connectivity index (χ0v) is 8.99. The van der Waals surface area contributed by atoms with Crippen LogP contribution in [0.15, 0.2) is 27.0 Å². The van der Waals surface area contributed by atoms with Gasteiger partial charge in [-0.3, -0.25) is 14.3 Å². The zero-order chi connectivity index (χ0) is 13.3. The fourth-order valence-electron chi connectivity index (χ4n) is 1.72. The molecule has 0 amide bonds. The third kappa shape index (κ3) is 1.93. The van der Waals surface area contributed by atoms with Crippen molar-refractivity contribution >= 4 is 5.71 Å². The number of alkyl halides is 1. The van der Waals surface area contributed by atoms with E-state index >= 15 is 0 Å². The lowest BCUT2D eigenvalue weighted by molar-refractivity contribution is -0.0365. The molecule has 1 fully saturated rings. The van der Waals surface area contributed by atoms with E-state index in [9.17, 15) is 14.0 Å². The van der Waals surface area contributed by atoms with Crippen LogP contribution >= 0.6 is 0 Å². The number of oxime groups is 1. The van der Waals surface area contributed by atoms with Crippen LogP contribution in [0.3, 0.4) is 0 Å². The summed E-state index contributed by atoms with van der Waals surface area (Å²) in [5.41, 5.74) is -1.88. The summed E-state index contributed by atoms with van der Waals surface area (Å²) in [6, 6.07) is 1.03. The van der Waals surface area contributed by atoms with Crippen molar-refractivity contribution in [2.24, 2.45) is 5.16 Å². The Hall–Kier alpha value is -2.00. The molecule has 0 aliphatic carbocycles. The van der Waals surface area contributed by atoms with E-state index in [2.05, 4.69) is 5.16 Å². The van der Waals surface area contributed by atoms with Gasteiger partial charge in [-0.2, -0.15) is 0 Å². The lowest BCUT2D eigenvalue weighted by Crippen LogP contribution is -2.34. The van der Waals surface area contributed by atoms with E-state index in [1.807, 2.05) is 4.98 Å². The van der Waals surface area contributed by atoms with Gasteiger partial charge in [0.25, 0.3) is 5.56 Å². The van der Waals surface area contributed by atoms with Gasteiger partial charge in [-0.1, -0.05) is 5.16 Å². The minimum Gasteiger partial charge on any atom is -0.411 e. The number of aliphatic hydroxyl groups is 1. The molecular weight excluding hydrogens is 249 g/mol. The van der Waals surface area contributed by atoms with E-state index in [-0.39, 0.29) is 0 Å². The summed E-state index contributed by atoms with van der Waals surface area (Å²) in [6.07, 6.45) is -3.35. The van der Waals surface area contributed by atoms with Gasteiger partial charge in [-0.15, -0.1) is 0 Å². The SMILES string of the molecule is O=c1ccn([C@@H]2O[C@H](CO)/C(=N/O)[C@H]2F)c(=O)[nH]1. The van der Waals surface area contributed by atoms with E-state index in [4.69, 9.17) is 15.1 Å². The number of halogens is 1. The molecule has 0 radical (unpaired) electrons. The average molecular weight is 259 g/mol. The lowest BCUT2D eigenvalue weighted by atomic mass is 10.2. The summed E-state index contributed by atoms with van der Waals surface area (Å²) in [7, 11) is 0. The maximum atomic E-state index is 13.9. The highest BCUT2D eigenvalue weighted by atomic mass is 19.1. The highest BCUT2D eigenvalue weighted by Gasteiger charge is 2.43. The number of ether oxygens (including phenoxy) is 1. The lowest BCUT2D eigenvalue weighted by Gasteiger charge is -2.14. The summed E-state index contributed by atoms with van der Waals surface area (Å²) in [5, 5.41) is 20.3. The molecule has 0 spiro atoms. The highest BCUT2D eigenvalue weighted by Crippen LogP contribution is 2.28. The summed E-state index contributed by atoms with van der Waals surface area (Å²) < 4.78 is 19.7. The Balaban J connectivity index is 2.41. The van der Waals surface area contributed by atoms with Crippen molar-refractivity contribution in [2.75, 3.05) is 6.61 Å². The molecule has 0 saturated carbocycles. The fraction of sp³-hybridized carbons (Fsp3) is 0.444. The summed E-state index contributed by atoms with van der Waals surface area (Å²) in [5.74, 6) is 0. The van der Waals surface area contributed by atoms with Crippen LogP contribution in [0.2, 0.25) is 0 Å². The number of hydrogen-bond acceptors (Lipinski definition) is 6. The predicted molar refractivity (Wildman–Crippen MR) is 56.4 cm³/mol. The Morgan fingerprint density at radius 2 is 2.28 bits per heavy atom. The van der Waals surface area contributed by atoms with Crippen molar-refractivity contribution in [3.05, 3.63) is 33.1 Å². The first-order valence-corrected chi connectivity index (χ1v) is 5.02. The van der Waals surface area contributed by atoms with Crippen molar-refractivity contribution in [3.63, 3.8) is 0 Å². The molecule has 98 valence electrons. The molecule has 18 heavy (non-hydrogen) atoms. The molecular formula is C9H10FN3O5. The Morgan fingerprint density at radius 3 is 2.78 bits per heavy atom. The molecule has 1 aromatic heterocycles. The van der Waals surface area contributed by atoms with E-state index in [0.29, 0.717) is 0 Å². The van der Waals surface area contributed by atoms with E-state index < -0.39 is 42.1 Å². The number of aromatic nitrogens is 2. The Kier molecular flexibility index (Phi) is 3.26. The van der Waals surface area contributed by atoms with Crippen LogP contribution in [0.5, 0.6) is 0 Å². The van der Waals surface area contributed by atoms with Crippen LogP contribution in [0.25, 0.3) is 0 Å². The van der Waals surface area contributed by atoms with Gasteiger partial charge >= 0.3 is 5.69 Å². The van der Waals surface area contributed by atoms with Crippen molar-refractivity contribution < 1.29 is 19.4 Å². The third-order valence-electron chi connectivity index (χ3n) is 2.57. The standard InChI is InChI=1S/C9H10FN3O5/c10-6-7(12-17)4(3-14)18-8(6)13-2-1-5(15)11-9(13)16/h1-2,4,6,8,14,17H,3H2,(H,11,15,16)/b12-7-/t4-,6-,8-/m1/s1. The Morgan fingerprint density at radius 1 is 1.56 bits per heavy atom. The topological polar surface area (TPSA) is 117 Å². The first-order valence-electron chi connectivity index (χ1n) is 5.02. The number of aliphatic hydroxyl groups excluding tert-OH is 1. The quantitative estimate of drug-likeness (QED) is 0.446. The second kappa shape index (κ2) is 4.70. The number of aromatic amines is 1. The molecule has 3 atom stereocenters. The average Bonchev–Trinajstić information content (AvgIpc) is 2.66. The first kappa shape index (κ1) is 12.5. The number of H-pyrrole nitrogens is 1. The van der Waals surface area contributed by atoms with Gasteiger partial charge < -0.3 is 15.1 Å². The smallest absolute Gasteiger partial charge is 0.330 e. The van der Waals surface area contributed by atoms with E-state index in [1.54, 1.807) is 0 Å². The fourth-order valence-corrected chi connectivity index (χ4v) is 1.72. The van der Waals surface area contributed by atoms with Crippen LogP contribution in [0.1, 0.15) is 6.23 Å². The predicted octanol–water partition coefficient (Wildman–Crippen LogP) is -1.41. The van der Waals surface area contributed by atoms with Crippen LogP contribution in [-0.2, 0) is 4.74 Å². The van der Waals surface area contributed by atoms with Crippen molar-refractivity contribution in [1.29, 1.82) is 0 Å². The van der Waals surface area contributed by atoms with Gasteiger partial charge in [0.15, 0.2) is 12.4 Å². The number of rotatable bonds is 2. The maximum Gasteiger partial charge on any atom is 0.330 e. The van der Waals surface area contributed by atoms with Crippen LogP contribution in [-0.4, -0.2) is 44.5 Å². The molecule has 3 N–H and O–H groups in total. The van der Waals surface area contributed by atoms with Crippen LogP contribution in [0, 0.1) is 0 Å². The minimum atomic E-state index is -1.89. The van der Waals surface area contributed by atoms with Crippen LogP contribution < -0.4 is 11.2 Å². The second-order valence-electron chi connectivity index (χ2n) is 3.64. The zero-order valence-electron chi connectivity index (χ0n) is 8.99. The van der Waals surface area contributed by atoms with E-state index in [1.165, 1.54) is 0 Å². The monoisotopic (exact) mass is 259 g/mol. The van der Waals surface area contributed by atoms with Crippen molar-refractivity contribution in [1.82, 2.24) is 9.55 Å². The Bertz CT molecular complexity index is 580. The summed E-state index contributed by atoms with van der Waals surface area (Å²) in [6.45, 7) is -0.589. The third-order valence-corrected chi connectivity index (χ3v) is 2.57. The minimum absolute atomic E-state index is 0.402. The van der Waals surface area contributed by atoms with Crippen LogP contribution in [0.4, 0.5) is 4.39 Å². The van der Waals surface area contributed by atoms with Gasteiger partial charge in [0.1, 0.15) is 11.8 Å². The molecule has 2 rings (SSSR count). The number of nitrogens with one attached hydrogen (secondary N) is 1. The van der Waals surface area contributed by atoms with Gasteiger partial charge in [-0.25, -0.2) is 9.18 Å². The molecule has 1 saturated heterocycles. The highest BCUT2D eigenvalue weighted by molar-refractivity contribution is 5.94. The Labute approximate surface area is 98.9 Å². The summed E-state index contributed by atoms with van der Waals surface area (Å²) >= 11 is 0. The number of nitrogens with zero attached hydrogens (tertiary/aromatic N) is 2. The van der Waals surface area contributed by atoms with Gasteiger partial charge in [0, 0.05) is 12.3 Å². The van der Waals surface area contributed by atoms with Gasteiger partial charge in [0.2, 0.25) is 0 Å². The van der Waals surface area contributed by atoms with Crippen molar-refractivity contribution in [2.45, 2.75) is 18.5 Å². The molecule has 8 nitrogen and oxygen atoms in total. The molecule has 2 heterocycles. The van der Waals surface area contributed by atoms with E-state index in [0.717, 1.165) is 16.8 Å². The molecule has 1 aliphatic heterocycles. The van der Waals surface area contributed by atoms with Crippen molar-refractivity contribution in [3.8, 4) is 0 Å². The normalized spacial score (nSPS) is 29.9. The summed E-state index contributed by atoms with van der Waals surface area (Å²) in [4.78, 5) is 24.3. The molecule has 1 aliphatic rings. The second-order valence-corrected chi connectivity index (χ2v) is 3.64.